The van der Waals surface area contributed by atoms with Crippen LogP contribution in [0.15, 0.2) is 24.3 Å². The molecule has 29 heavy (non-hydrogen) atoms. The van der Waals surface area contributed by atoms with Crippen molar-refractivity contribution < 1.29 is 14.3 Å². The summed E-state index contributed by atoms with van der Waals surface area (Å²) in [6.07, 6.45) is 1.70. The topological polar surface area (TPSA) is 53.1 Å². The van der Waals surface area contributed by atoms with Crippen molar-refractivity contribution in [1.29, 1.82) is 0 Å². The quantitative estimate of drug-likeness (QED) is 0.708. The number of ether oxygens (including phenoxy) is 1. The maximum absolute atomic E-state index is 13.1. The summed E-state index contributed by atoms with van der Waals surface area (Å²) in [5.74, 6) is -0.321. The Labute approximate surface area is 174 Å². The first-order valence-electron chi connectivity index (χ1n) is 10.7. The second-order valence-electron chi connectivity index (χ2n) is 9.46. The fourth-order valence-corrected chi connectivity index (χ4v) is 4.08. The van der Waals surface area contributed by atoms with Crippen LogP contribution in [0, 0.1) is 5.41 Å². The molecule has 6 heteroatoms. The summed E-state index contributed by atoms with van der Waals surface area (Å²) in [5.41, 5.74) is 2.59. The van der Waals surface area contributed by atoms with Gasteiger partial charge in [-0.1, -0.05) is 45.0 Å². The van der Waals surface area contributed by atoms with Gasteiger partial charge >= 0.3 is 5.97 Å². The zero-order chi connectivity index (χ0) is 21.0. The Morgan fingerprint density at radius 2 is 1.66 bits per heavy atom. The van der Waals surface area contributed by atoms with Crippen LogP contribution in [-0.2, 0) is 27.3 Å². The van der Waals surface area contributed by atoms with Crippen molar-refractivity contribution in [2.75, 3.05) is 46.4 Å². The molecule has 1 atom stereocenters. The number of piperazine rings is 1. The lowest BCUT2D eigenvalue weighted by atomic mass is 9.92. The Morgan fingerprint density at radius 3 is 2.28 bits per heavy atom. The molecule has 2 heterocycles. The van der Waals surface area contributed by atoms with E-state index in [0.717, 1.165) is 43.9 Å². The summed E-state index contributed by atoms with van der Waals surface area (Å²) < 4.78 is 4.99. The first-order chi connectivity index (χ1) is 13.8. The van der Waals surface area contributed by atoms with Crippen LogP contribution in [0.2, 0.25) is 0 Å². The molecule has 160 valence electrons. The maximum Gasteiger partial charge on any atom is 0.328 e. The van der Waals surface area contributed by atoms with Crippen LogP contribution in [0.25, 0.3) is 0 Å². The van der Waals surface area contributed by atoms with E-state index in [1.165, 1.54) is 13.5 Å². The van der Waals surface area contributed by atoms with Crippen LogP contribution in [0.1, 0.15) is 38.3 Å². The fourth-order valence-electron chi connectivity index (χ4n) is 4.08. The van der Waals surface area contributed by atoms with Gasteiger partial charge in [0.15, 0.2) is 0 Å². The molecular formula is C23H35N3O3. The summed E-state index contributed by atoms with van der Waals surface area (Å²) >= 11 is 0. The molecule has 1 saturated heterocycles. The number of benzene rings is 1. The lowest BCUT2D eigenvalue weighted by molar-refractivity contribution is -0.154. The average molecular weight is 402 g/mol. The van der Waals surface area contributed by atoms with E-state index in [2.05, 4.69) is 30.6 Å². The predicted octanol–water partition coefficient (Wildman–Crippen LogP) is 2.17. The molecule has 1 fully saturated rings. The van der Waals surface area contributed by atoms with Crippen molar-refractivity contribution in [1.82, 2.24) is 14.7 Å². The SMILES string of the molecule is COC(=O)C1Cc2ccccc2CN1C(=O)CN1CCN(CCC(C)(C)C)CC1. The van der Waals surface area contributed by atoms with Crippen molar-refractivity contribution in [3.63, 3.8) is 0 Å². The maximum atomic E-state index is 13.1. The Hall–Kier alpha value is -1.92. The first kappa shape index (κ1) is 21.8. The molecule has 0 bridgehead atoms. The van der Waals surface area contributed by atoms with Gasteiger partial charge in [0, 0.05) is 39.1 Å². The Bertz CT molecular complexity index is 720. The summed E-state index contributed by atoms with van der Waals surface area (Å²) in [7, 11) is 1.39. The smallest absolute Gasteiger partial charge is 0.328 e. The molecule has 1 aromatic rings. The van der Waals surface area contributed by atoms with E-state index in [-0.39, 0.29) is 11.9 Å². The van der Waals surface area contributed by atoms with E-state index in [4.69, 9.17) is 4.74 Å². The molecule has 0 saturated carbocycles. The second kappa shape index (κ2) is 9.26. The van der Waals surface area contributed by atoms with Crippen LogP contribution in [0.4, 0.5) is 0 Å². The van der Waals surface area contributed by atoms with E-state index in [0.29, 0.717) is 24.9 Å². The van der Waals surface area contributed by atoms with Gasteiger partial charge in [0.25, 0.3) is 0 Å². The van der Waals surface area contributed by atoms with Crippen molar-refractivity contribution in [2.24, 2.45) is 5.41 Å². The lowest BCUT2D eigenvalue weighted by Crippen LogP contribution is -2.54. The van der Waals surface area contributed by atoms with Crippen LogP contribution in [0.3, 0.4) is 0 Å². The van der Waals surface area contributed by atoms with Crippen molar-refractivity contribution in [3.05, 3.63) is 35.4 Å². The Balaban J connectivity index is 1.57. The van der Waals surface area contributed by atoms with Crippen molar-refractivity contribution in [3.8, 4) is 0 Å². The molecule has 0 spiro atoms. The lowest BCUT2D eigenvalue weighted by Gasteiger charge is -2.39. The number of fused-ring (bicyclic) bond motifs is 1. The molecule has 1 aromatic carbocycles. The zero-order valence-corrected chi connectivity index (χ0v) is 18.3. The third-order valence-electron chi connectivity index (χ3n) is 6.04. The van der Waals surface area contributed by atoms with Crippen LogP contribution in [0.5, 0.6) is 0 Å². The van der Waals surface area contributed by atoms with E-state index >= 15 is 0 Å². The first-order valence-corrected chi connectivity index (χ1v) is 10.7. The molecule has 2 aliphatic heterocycles. The summed E-state index contributed by atoms with van der Waals surface area (Å²) in [6, 6.07) is 7.50. The number of nitrogens with zero attached hydrogens (tertiary/aromatic N) is 3. The normalized spacial score (nSPS) is 21.0. The number of carbonyl (C=O) groups excluding carboxylic acids is 2. The summed E-state index contributed by atoms with van der Waals surface area (Å²) in [6.45, 7) is 12.5. The molecule has 1 unspecified atom stereocenters. The van der Waals surface area contributed by atoms with E-state index < -0.39 is 6.04 Å². The van der Waals surface area contributed by atoms with Crippen molar-refractivity contribution in [2.45, 2.75) is 46.2 Å². The fraction of sp³-hybridized carbons (Fsp3) is 0.652. The number of methoxy groups -OCH3 is 1. The molecule has 0 aliphatic carbocycles. The van der Waals surface area contributed by atoms with Gasteiger partial charge in [0.2, 0.25) is 5.91 Å². The number of hydrogen-bond acceptors (Lipinski definition) is 5. The number of carbonyl (C=O) groups is 2. The summed E-state index contributed by atoms with van der Waals surface area (Å²) in [4.78, 5) is 31.9. The molecule has 3 rings (SSSR count). The van der Waals surface area contributed by atoms with E-state index in [1.54, 1.807) is 4.90 Å². The predicted molar refractivity (Wildman–Crippen MR) is 113 cm³/mol. The highest BCUT2D eigenvalue weighted by atomic mass is 16.5. The van der Waals surface area contributed by atoms with Gasteiger partial charge < -0.3 is 14.5 Å². The third-order valence-corrected chi connectivity index (χ3v) is 6.04. The number of rotatable bonds is 5. The molecule has 0 N–H and O–H groups in total. The van der Waals surface area contributed by atoms with Gasteiger partial charge in [-0.05, 0) is 29.5 Å². The number of amides is 1. The molecule has 1 amide bonds. The number of esters is 1. The minimum Gasteiger partial charge on any atom is -0.467 e. The Kier molecular flexibility index (Phi) is 6.96. The number of hydrogen-bond donors (Lipinski definition) is 0. The standard InChI is InChI=1S/C23H35N3O3/c1-23(2,3)9-10-24-11-13-25(14-12-24)17-21(27)26-16-19-8-6-5-7-18(19)15-20(26)22(28)29-4/h5-8,20H,9-17H2,1-4H3. The third kappa shape index (κ3) is 5.80. The molecule has 2 aliphatic rings. The molecule has 0 aromatic heterocycles. The molecule has 0 radical (unpaired) electrons. The highest BCUT2D eigenvalue weighted by Crippen LogP contribution is 2.24. The van der Waals surface area contributed by atoms with Gasteiger partial charge in [-0.2, -0.15) is 0 Å². The van der Waals surface area contributed by atoms with Crippen LogP contribution >= 0.6 is 0 Å². The largest absolute Gasteiger partial charge is 0.467 e. The second-order valence-corrected chi connectivity index (χ2v) is 9.46. The van der Waals surface area contributed by atoms with E-state index in [1.807, 2.05) is 24.3 Å². The van der Waals surface area contributed by atoms with Gasteiger partial charge in [0.1, 0.15) is 6.04 Å². The van der Waals surface area contributed by atoms with Crippen LogP contribution < -0.4 is 0 Å². The minimum atomic E-state index is -0.532. The monoisotopic (exact) mass is 401 g/mol. The van der Waals surface area contributed by atoms with Crippen LogP contribution in [-0.4, -0.2) is 79.0 Å². The highest BCUT2D eigenvalue weighted by Gasteiger charge is 2.36. The van der Waals surface area contributed by atoms with Crippen molar-refractivity contribution >= 4 is 11.9 Å². The average Bonchev–Trinajstić information content (AvgIpc) is 2.71. The van der Waals surface area contributed by atoms with Gasteiger partial charge in [-0.3, -0.25) is 9.69 Å². The minimum absolute atomic E-state index is 0.0121. The zero-order valence-electron chi connectivity index (χ0n) is 18.3. The van der Waals surface area contributed by atoms with Gasteiger partial charge in [-0.15, -0.1) is 0 Å². The Morgan fingerprint density at radius 1 is 1.03 bits per heavy atom. The van der Waals surface area contributed by atoms with Gasteiger partial charge in [-0.25, -0.2) is 4.79 Å². The van der Waals surface area contributed by atoms with E-state index in [9.17, 15) is 9.59 Å². The summed E-state index contributed by atoms with van der Waals surface area (Å²) in [5, 5.41) is 0. The highest BCUT2D eigenvalue weighted by molar-refractivity contribution is 5.86. The molecule has 6 nitrogen and oxygen atoms in total. The molecular weight excluding hydrogens is 366 g/mol. The van der Waals surface area contributed by atoms with Gasteiger partial charge in [0.05, 0.1) is 13.7 Å².